The van der Waals surface area contributed by atoms with Gasteiger partial charge in [-0.15, -0.1) is 0 Å². The third kappa shape index (κ3) is 4.49. The molecule has 0 unspecified atom stereocenters. The first-order valence-corrected chi connectivity index (χ1v) is 8.93. The topological polar surface area (TPSA) is 81.9 Å². The van der Waals surface area contributed by atoms with Gasteiger partial charge in [0.05, 0.1) is 13.7 Å². The summed E-state index contributed by atoms with van der Waals surface area (Å²) < 4.78 is 15.8. The largest absolute Gasteiger partial charge is 0.497 e. The normalized spacial score (nSPS) is 10.7. The van der Waals surface area contributed by atoms with Crippen LogP contribution in [0.15, 0.2) is 46.9 Å². The van der Waals surface area contributed by atoms with Crippen molar-refractivity contribution in [3.05, 3.63) is 59.5 Å². The zero-order valence-electron chi connectivity index (χ0n) is 16.1. The number of fused-ring (bicyclic) bond motifs is 1. The Morgan fingerprint density at radius 2 is 1.89 bits per heavy atom. The van der Waals surface area contributed by atoms with Gasteiger partial charge in [-0.25, -0.2) is 4.98 Å². The molecule has 0 saturated carbocycles. The molecule has 0 bridgehead atoms. The smallest absolute Gasteiger partial charge is 0.325 e. The van der Waals surface area contributed by atoms with E-state index in [1.54, 1.807) is 39.3 Å². The van der Waals surface area contributed by atoms with E-state index in [0.29, 0.717) is 29.0 Å². The summed E-state index contributed by atoms with van der Waals surface area (Å²) in [7, 11) is 3.18. The molecular weight excluding hydrogens is 360 g/mol. The van der Waals surface area contributed by atoms with Gasteiger partial charge >= 0.3 is 5.97 Å². The number of oxazole rings is 1. The number of amides is 1. The van der Waals surface area contributed by atoms with Crippen LogP contribution in [0.1, 0.15) is 28.7 Å². The van der Waals surface area contributed by atoms with Gasteiger partial charge in [0.1, 0.15) is 17.8 Å². The molecule has 0 spiro atoms. The van der Waals surface area contributed by atoms with Crippen molar-refractivity contribution >= 4 is 23.0 Å². The highest BCUT2D eigenvalue weighted by atomic mass is 16.5. The molecule has 1 amide bonds. The minimum atomic E-state index is -0.444. The summed E-state index contributed by atoms with van der Waals surface area (Å²) in [5.74, 6) is 0.616. The average Bonchev–Trinajstić information content (AvgIpc) is 3.09. The molecule has 7 nitrogen and oxygen atoms in total. The summed E-state index contributed by atoms with van der Waals surface area (Å²) in [6, 6.07) is 12.7. The molecule has 146 valence electrons. The van der Waals surface area contributed by atoms with Crippen molar-refractivity contribution in [2.45, 2.75) is 13.3 Å². The molecule has 1 aromatic heterocycles. The molecule has 0 N–H and O–H groups in total. The zero-order valence-corrected chi connectivity index (χ0v) is 16.1. The minimum Gasteiger partial charge on any atom is -0.497 e. The van der Waals surface area contributed by atoms with Crippen LogP contribution in [0.4, 0.5) is 0 Å². The molecule has 0 atom stereocenters. The second-order valence-corrected chi connectivity index (χ2v) is 6.28. The number of rotatable bonds is 7. The van der Waals surface area contributed by atoms with E-state index in [4.69, 9.17) is 13.9 Å². The van der Waals surface area contributed by atoms with E-state index in [1.165, 1.54) is 4.90 Å². The van der Waals surface area contributed by atoms with Crippen molar-refractivity contribution in [2.24, 2.45) is 0 Å². The molecule has 3 aromatic rings. The van der Waals surface area contributed by atoms with Crippen molar-refractivity contribution in [3.63, 3.8) is 0 Å². The fraction of sp³-hybridized carbons (Fsp3) is 0.286. The fourth-order valence-electron chi connectivity index (χ4n) is 2.79. The second kappa shape index (κ2) is 8.56. The molecule has 0 saturated heterocycles. The van der Waals surface area contributed by atoms with Crippen molar-refractivity contribution in [1.82, 2.24) is 9.88 Å². The van der Waals surface area contributed by atoms with Crippen molar-refractivity contribution < 1.29 is 23.5 Å². The quantitative estimate of drug-likeness (QED) is 0.584. The Bertz CT molecular complexity index is 978. The van der Waals surface area contributed by atoms with Gasteiger partial charge < -0.3 is 18.8 Å². The van der Waals surface area contributed by atoms with Crippen LogP contribution in [0, 0.1) is 0 Å². The number of aromatic nitrogens is 1. The summed E-state index contributed by atoms with van der Waals surface area (Å²) in [6.45, 7) is 1.90. The van der Waals surface area contributed by atoms with Gasteiger partial charge in [0.2, 0.25) is 0 Å². The van der Waals surface area contributed by atoms with E-state index in [9.17, 15) is 9.59 Å². The van der Waals surface area contributed by atoms with Gasteiger partial charge in [-0.1, -0.05) is 12.1 Å². The average molecular weight is 382 g/mol. The fourth-order valence-corrected chi connectivity index (χ4v) is 2.79. The molecular formula is C21H22N2O5. The summed E-state index contributed by atoms with van der Waals surface area (Å²) >= 11 is 0. The van der Waals surface area contributed by atoms with E-state index in [-0.39, 0.29) is 19.1 Å². The monoisotopic (exact) mass is 382 g/mol. The van der Waals surface area contributed by atoms with Gasteiger partial charge in [0.15, 0.2) is 11.5 Å². The highest BCUT2D eigenvalue weighted by Gasteiger charge is 2.17. The number of carbonyl (C=O) groups excluding carboxylic acids is 2. The third-order valence-electron chi connectivity index (χ3n) is 4.21. The van der Waals surface area contributed by atoms with E-state index in [1.807, 2.05) is 24.3 Å². The standard InChI is InChI=1S/C21H22N2O5/c1-4-27-20(24)13-23(2)21(25)15-7-10-17-18(12-15)28-19(22-17)11-14-5-8-16(26-3)9-6-14/h5-10,12H,4,11,13H2,1-3H3. The first-order valence-electron chi connectivity index (χ1n) is 8.93. The Hall–Kier alpha value is -3.35. The number of carbonyl (C=O) groups is 2. The molecule has 0 aliphatic heterocycles. The number of ether oxygens (including phenoxy) is 2. The molecule has 2 aromatic carbocycles. The first kappa shape index (κ1) is 19.4. The molecule has 0 aliphatic rings. The summed E-state index contributed by atoms with van der Waals surface area (Å²) in [4.78, 5) is 29.9. The van der Waals surface area contributed by atoms with E-state index >= 15 is 0 Å². The highest BCUT2D eigenvalue weighted by molar-refractivity contribution is 5.98. The van der Waals surface area contributed by atoms with Gasteiger partial charge in [-0.2, -0.15) is 0 Å². The zero-order chi connectivity index (χ0) is 20.1. The SMILES string of the molecule is CCOC(=O)CN(C)C(=O)c1ccc2nc(Cc3ccc(OC)cc3)oc2c1. The number of benzene rings is 2. The number of hydrogen-bond donors (Lipinski definition) is 0. The molecule has 0 aliphatic carbocycles. The van der Waals surface area contributed by atoms with Crippen LogP contribution in [0.5, 0.6) is 5.75 Å². The number of nitrogens with zero attached hydrogens (tertiary/aromatic N) is 2. The van der Waals surface area contributed by atoms with Gasteiger partial charge in [0, 0.05) is 19.0 Å². The molecule has 0 fully saturated rings. The van der Waals surface area contributed by atoms with E-state index in [0.717, 1.165) is 11.3 Å². The first-order chi connectivity index (χ1) is 13.5. The third-order valence-corrected chi connectivity index (χ3v) is 4.21. The van der Waals surface area contributed by atoms with Crippen molar-refractivity contribution in [2.75, 3.05) is 27.3 Å². The minimum absolute atomic E-state index is 0.107. The maximum Gasteiger partial charge on any atom is 0.325 e. The number of esters is 1. The van der Waals surface area contributed by atoms with Crippen LogP contribution >= 0.6 is 0 Å². The number of methoxy groups -OCH3 is 1. The molecule has 0 radical (unpaired) electrons. The molecule has 7 heteroatoms. The summed E-state index contributed by atoms with van der Waals surface area (Å²) in [6.07, 6.45) is 0.532. The summed E-state index contributed by atoms with van der Waals surface area (Å²) in [5.41, 5.74) is 2.66. The van der Waals surface area contributed by atoms with Crippen LogP contribution < -0.4 is 4.74 Å². The van der Waals surface area contributed by atoms with E-state index in [2.05, 4.69) is 4.98 Å². The number of likely N-dealkylation sites (N-methyl/N-ethyl adjacent to an activating group) is 1. The second-order valence-electron chi connectivity index (χ2n) is 6.28. The number of hydrogen-bond acceptors (Lipinski definition) is 6. The van der Waals surface area contributed by atoms with Crippen LogP contribution in [0.2, 0.25) is 0 Å². The van der Waals surface area contributed by atoms with Crippen molar-refractivity contribution in [3.8, 4) is 5.75 Å². The predicted octanol–water partition coefficient (Wildman–Crippen LogP) is 3.06. The Morgan fingerprint density at radius 3 is 2.57 bits per heavy atom. The predicted molar refractivity (Wildman–Crippen MR) is 103 cm³/mol. The van der Waals surface area contributed by atoms with E-state index < -0.39 is 5.97 Å². The molecule has 3 rings (SSSR count). The summed E-state index contributed by atoms with van der Waals surface area (Å²) in [5, 5.41) is 0. The lowest BCUT2D eigenvalue weighted by molar-refractivity contribution is -0.143. The Balaban J connectivity index is 1.74. The molecule has 28 heavy (non-hydrogen) atoms. The maximum absolute atomic E-state index is 12.5. The lowest BCUT2D eigenvalue weighted by Gasteiger charge is -2.15. The lowest BCUT2D eigenvalue weighted by Crippen LogP contribution is -2.33. The van der Waals surface area contributed by atoms with Crippen LogP contribution in [-0.2, 0) is 16.0 Å². The van der Waals surface area contributed by atoms with Crippen LogP contribution in [0.3, 0.4) is 0 Å². The van der Waals surface area contributed by atoms with Crippen LogP contribution in [0.25, 0.3) is 11.1 Å². The van der Waals surface area contributed by atoms with Crippen molar-refractivity contribution in [1.29, 1.82) is 0 Å². The molecule has 1 heterocycles. The Morgan fingerprint density at radius 1 is 1.14 bits per heavy atom. The van der Waals surface area contributed by atoms with Crippen LogP contribution in [-0.4, -0.2) is 49.1 Å². The van der Waals surface area contributed by atoms with Gasteiger partial charge in [-0.3, -0.25) is 9.59 Å². The Labute approximate surface area is 162 Å². The maximum atomic E-state index is 12.5. The highest BCUT2D eigenvalue weighted by Crippen LogP contribution is 2.21. The lowest BCUT2D eigenvalue weighted by atomic mass is 10.1. The van der Waals surface area contributed by atoms with Gasteiger partial charge in [0.25, 0.3) is 5.91 Å². The Kier molecular flexibility index (Phi) is 5.93. The van der Waals surface area contributed by atoms with Gasteiger partial charge in [-0.05, 0) is 42.8 Å².